The number of aromatic hydroxyl groups is 2. The summed E-state index contributed by atoms with van der Waals surface area (Å²) in [5.41, 5.74) is 5.59. The molecule has 4 N–H and O–H groups in total. The molecule has 0 heterocycles. The topological polar surface area (TPSA) is 64.5 Å². The van der Waals surface area contributed by atoms with E-state index in [1.807, 2.05) is 97.1 Å². The molecule has 1 saturated carbocycles. The van der Waals surface area contributed by atoms with Crippen LogP contribution in [0.2, 0.25) is 0 Å². The van der Waals surface area contributed by atoms with Crippen LogP contribution in [0.4, 0.5) is 0 Å². The van der Waals surface area contributed by atoms with E-state index in [2.05, 4.69) is 10.6 Å². The lowest BCUT2D eigenvalue weighted by Crippen LogP contribution is -2.49. The number of phenolic OH excluding ortho intramolecular Hbond substituents is 2. The van der Waals surface area contributed by atoms with Gasteiger partial charge in [0.2, 0.25) is 0 Å². The smallest absolute Gasteiger partial charge is 0.127 e. The normalized spacial score (nSPS) is 17.7. The van der Waals surface area contributed by atoms with Gasteiger partial charge in [0.05, 0.1) is 0 Å². The summed E-state index contributed by atoms with van der Waals surface area (Å²) in [5.74, 6) is 0.693. The summed E-state index contributed by atoms with van der Waals surface area (Å²) < 4.78 is 0. The molecular weight excluding hydrogens is 444 g/mol. The van der Waals surface area contributed by atoms with Gasteiger partial charge in [0.1, 0.15) is 11.5 Å². The standard InChI is InChI=1S/C32H34N2O2/c35-31-25(15-9-17-27(31)23-11-3-1-4-12-23)21-33-29-19-7-8-20-30(29)34-22-26-16-10-18-28(32(26)36)24-13-5-2-6-14-24/h1-6,9-18,29-30,33-36H,7-8,19-22H2. The number of hydrogen-bond donors (Lipinski definition) is 4. The summed E-state index contributed by atoms with van der Waals surface area (Å²) in [6.45, 7) is 1.23. The SMILES string of the molecule is Oc1c(CNC2CCCCC2NCc2cccc(-c3ccccc3)c2O)cccc1-c1ccccc1. The Bertz CT molecular complexity index is 1170. The third-order valence-electron chi connectivity index (χ3n) is 7.28. The van der Waals surface area contributed by atoms with Gasteiger partial charge in [0.15, 0.2) is 0 Å². The van der Waals surface area contributed by atoms with Crippen molar-refractivity contribution in [3.05, 3.63) is 108 Å². The number of nitrogens with one attached hydrogen (secondary N) is 2. The van der Waals surface area contributed by atoms with Gasteiger partial charge in [-0.25, -0.2) is 0 Å². The largest absolute Gasteiger partial charge is 0.507 e. The second-order valence-electron chi connectivity index (χ2n) is 9.62. The summed E-state index contributed by atoms with van der Waals surface area (Å²) in [6.07, 6.45) is 4.57. The van der Waals surface area contributed by atoms with E-state index in [0.29, 0.717) is 36.7 Å². The Morgan fingerprint density at radius 3 is 1.36 bits per heavy atom. The van der Waals surface area contributed by atoms with Crippen molar-refractivity contribution in [2.75, 3.05) is 0 Å². The zero-order valence-corrected chi connectivity index (χ0v) is 20.5. The monoisotopic (exact) mass is 478 g/mol. The van der Waals surface area contributed by atoms with Gasteiger partial charge in [0.25, 0.3) is 0 Å². The summed E-state index contributed by atoms with van der Waals surface area (Å²) >= 11 is 0. The first-order chi connectivity index (χ1) is 17.7. The van der Waals surface area contributed by atoms with Crippen molar-refractivity contribution in [1.82, 2.24) is 10.6 Å². The van der Waals surface area contributed by atoms with E-state index in [-0.39, 0.29) is 0 Å². The molecule has 2 unspecified atom stereocenters. The highest BCUT2D eigenvalue weighted by Crippen LogP contribution is 2.33. The van der Waals surface area contributed by atoms with Crippen molar-refractivity contribution < 1.29 is 10.2 Å². The molecule has 4 aromatic carbocycles. The van der Waals surface area contributed by atoms with E-state index in [4.69, 9.17) is 0 Å². The quantitative estimate of drug-likeness (QED) is 0.230. The summed E-state index contributed by atoms with van der Waals surface area (Å²) in [7, 11) is 0. The maximum absolute atomic E-state index is 11.0. The van der Waals surface area contributed by atoms with Gasteiger partial charge in [-0.2, -0.15) is 0 Å². The van der Waals surface area contributed by atoms with E-state index < -0.39 is 0 Å². The van der Waals surface area contributed by atoms with E-state index >= 15 is 0 Å². The average Bonchev–Trinajstić information content (AvgIpc) is 2.93. The molecular formula is C32H34N2O2. The fourth-order valence-corrected chi connectivity index (χ4v) is 5.27. The van der Waals surface area contributed by atoms with Crippen LogP contribution in [-0.2, 0) is 13.1 Å². The van der Waals surface area contributed by atoms with E-state index in [0.717, 1.165) is 46.2 Å². The van der Waals surface area contributed by atoms with Gasteiger partial charge in [-0.15, -0.1) is 0 Å². The Balaban J connectivity index is 1.25. The minimum Gasteiger partial charge on any atom is -0.507 e. The van der Waals surface area contributed by atoms with Crippen molar-refractivity contribution in [3.63, 3.8) is 0 Å². The van der Waals surface area contributed by atoms with Gasteiger partial charge >= 0.3 is 0 Å². The fraction of sp³-hybridized carbons (Fsp3) is 0.250. The molecule has 0 spiro atoms. The van der Waals surface area contributed by atoms with Gasteiger partial charge in [-0.1, -0.05) is 110 Å². The molecule has 5 rings (SSSR count). The average molecular weight is 479 g/mol. The third-order valence-corrected chi connectivity index (χ3v) is 7.28. The molecule has 1 aliphatic carbocycles. The number of rotatable bonds is 8. The van der Waals surface area contributed by atoms with Crippen LogP contribution in [0.5, 0.6) is 11.5 Å². The van der Waals surface area contributed by atoms with E-state index in [9.17, 15) is 10.2 Å². The third kappa shape index (κ3) is 5.46. The molecule has 0 aliphatic heterocycles. The maximum Gasteiger partial charge on any atom is 0.127 e. The molecule has 4 heteroatoms. The van der Waals surface area contributed by atoms with Crippen molar-refractivity contribution in [3.8, 4) is 33.8 Å². The Labute approximate surface area is 213 Å². The van der Waals surface area contributed by atoms with Crippen molar-refractivity contribution in [1.29, 1.82) is 0 Å². The van der Waals surface area contributed by atoms with Crippen LogP contribution in [0.1, 0.15) is 36.8 Å². The Kier molecular flexibility index (Phi) is 7.65. The highest BCUT2D eigenvalue weighted by molar-refractivity contribution is 5.72. The molecule has 0 aromatic heterocycles. The number of benzene rings is 4. The van der Waals surface area contributed by atoms with Gasteiger partial charge in [-0.05, 0) is 24.0 Å². The predicted octanol–water partition coefficient (Wildman–Crippen LogP) is 6.62. The predicted molar refractivity (Wildman–Crippen MR) is 147 cm³/mol. The Hall–Kier alpha value is -3.60. The fourth-order valence-electron chi connectivity index (χ4n) is 5.27. The first-order valence-corrected chi connectivity index (χ1v) is 12.9. The van der Waals surface area contributed by atoms with Crippen LogP contribution in [0.25, 0.3) is 22.3 Å². The minimum absolute atomic E-state index is 0.304. The zero-order chi connectivity index (χ0) is 24.7. The Morgan fingerprint density at radius 1 is 0.528 bits per heavy atom. The maximum atomic E-state index is 11.0. The number of para-hydroxylation sites is 2. The first-order valence-electron chi connectivity index (χ1n) is 12.9. The van der Waals surface area contributed by atoms with Crippen molar-refractivity contribution in [2.24, 2.45) is 0 Å². The van der Waals surface area contributed by atoms with Crippen molar-refractivity contribution in [2.45, 2.75) is 50.9 Å². The van der Waals surface area contributed by atoms with Crippen LogP contribution in [-0.4, -0.2) is 22.3 Å². The van der Waals surface area contributed by atoms with Gasteiger partial charge < -0.3 is 20.8 Å². The zero-order valence-electron chi connectivity index (χ0n) is 20.5. The molecule has 1 fully saturated rings. The molecule has 0 saturated heterocycles. The molecule has 184 valence electrons. The van der Waals surface area contributed by atoms with Crippen LogP contribution in [0.15, 0.2) is 97.1 Å². The highest BCUT2D eigenvalue weighted by atomic mass is 16.3. The second-order valence-corrected chi connectivity index (χ2v) is 9.62. The van der Waals surface area contributed by atoms with E-state index in [1.54, 1.807) is 0 Å². The van der Waals surface area contributed by atoms with E-state index in [1.165, 1.54) is 12.8 Å². The molecule has 0 amide bonds. The summed E-state index contributed by atoms with van der Waals surface area (Å²) in [6, 6.07) is 32.6. The molecule has 1 aliphatic rings. The summed E-state index contributed by atoms with van der Waals surface area (Å²) in [5, 5.41) is 29.3. The lowest BCUT2D eigenvalue weighted by molar-refractivity contribution is 0.279. The van der Waals surface area contributed by atoms with Crippen molar-refractivity contribution >= 4 is 0 Å². The molecule has 2 atom stereocenters. The van der Waals surface area contributed by atoms with Crippen LogP contribution in [0.3, 0.4) is 0 Å². The lowest BCUT2D eigenvalue weighted by Gasteiger charge is -2.33. The number of phenols is 2. The van der Waals surface area contributed by atoms with Crippen LogP contribution < -0.4 is 10.6 Å². The lowest BCUT2D eigenvalue weighted by atomic mass is 9.89. The molecule has 0 bridgehead atoms. The van der Waals surface area contributed by atoms with Gasteiger partial charge in [0, 0.05) is 47.4 Å². The second kappa shape index (κ2) is 11.4. The minimum atomic E-state index is 0.304. The molecule has 4 nitrogen and oxygen atoms in total. The molecule has 36 heavy (non-hydrogen) atoms. The molecule has 0 radical (unpaired) electrons. The first kappa shape index (κ1) is 24.1. The van der Waals surface area contributed by atoms with Crippen LogP contribution in [0, 0.1) is 0 Å². The van der Waals surface area contributed by atoms with Gasteiger partial charge in [-0.3, -0.25) is 0 Å². The Morgan fingerprint density at radius 2 is 0.944 bits per heavy atom. The van der Waals surface area contributed by atoms with Crippen LogP contribution >= 0.6 is 0 Å². The highest BCUT2D eigenvalue weighted by Gasteiger charge is 2.25. The number of hydrogen-bond acceptors (Lipinski definition) is 4. The summed E-state index contributed by atoms with van der Waals surface area (Å²) in [4.78, 5) is 0. The molecule has 4 aromatic rings.